The molecule has 118 valence electrons. The molecule has 1 aliphatic carbocycles. The van der Waals surface area contributed by atoms with E-state index in [2.05, 4.69) is 17.1 Å². The molecule has 1 aromatic carbocycles. The number of hydrogen-bond acceptors (Lipinski definition) is 7. The summed E-state index contributed by atoms with van der Waals surface area (Å²) in [6, 6.07) is 11.6. The normalized spacial score (nSPS) is 33.1. The van der Waals surface area contributed by atoms with Crippen LogP contribution in [-0.4, -0.2) is 33.1 Å². The third kappa shape index (κ3) is 1.41. The zero-order valence-corrected chi connectivity index (χ0v) is 13.0. The maximum Gasteiger partial charge on any atom is 0.292 e. The van der Waals surface area contributed by atoms with Gasteiger partial charge in [-0.2, -0.15) is 10.5 Å². The molecule has 2 aliphatic rings. The van der Waals surface area contributed by atoms with Gasteiger partial charge < -0.3 is 19.9 Å². The van der Waals surface area contributed by atoms with Crippen molar-refractivity contribution in [2.45, 2.75) is 11.8 Å². The van der Waals surface area contributed by atoms with Crippen molar-refractivity contribution in [3.63, 3.8) is 0 Å². The predicted octanol–water partition coefficient (Wildman–Crippen LogP) is 1.13. The Morgan fingerprint density at radius 1 is 1.09 bits per heavy atom. The number of fused-ring (bicyclic) bond motifs is 1. The van der Waals surface area contributed by atoms with Crippen molar-refractivity contribution in [2.24, 2.45) is 21.6 Å². The quantitative estimate of drug-likeness (QED) is 0.834. The van der Waals surface area contributed by atoms with E-state index in [1.165, 1.54) is 14.2 Å². The number of nitriles is 2. The molecule has 0 spiro atoms. The summed E-state index contributed by atoms with van der Waals surface area (Å²) in [5.74, 6) is -1.34. The molecular weight excluding hydrogens is 296 g/mol. The van der Waals surface area contributed by atoms with Gasteiger partial charge >= 0.3 is 0 Å². The lowest BCUT2D eigenvalue weighted by Crippen LogP contribution is -2.41. The minimum Gasteiger partial charge on any atom is -0.497 e. The molecule has 1 saturated carbocycles. The lowest BCUT2D eigenvalue weighted by atomic mass is 9.93. The van der Waals surface area contributed by atoms with Crippen molar-refractivity contribution >= 4 is 5.84 Å². The van der Waals surface area contributed by atoms with E-state index in [-0.39, 0.29) is 5.84 Å². The number of nitrogens with two attached hydrogens (primary N) is 1. The standard InChI is InChI=1S/C16H16N4O3/c1-21-11-6-4-10(5-7-11)12-14(8-17)13(19)20-16(22-2,23-3)15(12,14)9-18/h4-7,12H,1-3H3,(H2,19,20)/t12-,14-,15-/m1/s1. The van der Waals surface area contributed by atoms with Crippen molar-refractivity contribution in [1.82, 2.24) is 0 Å². The highest BCUT2D eigenvalue weighted by atomic mass is 16.7. The number of amidine groups is 1. The van der Waals surface area contributed by atoms with Gasteiger partial charge in [-0.25, -0.2) is 4.99 Å². The van der Waals surface area contributed by atoms with Gasteiger partial charge in [0.15, 0.2) is 5.41 Å². The molecule has 3 rings (SSSR count). The Morgan fingerprint density at radius 3 is 2.13 bits per heavy atom. The van der Waals surface area contributed by atoms with E-state index in [0.717, 1.165) is 5.56 Å². The molecule has 7 heteroatoms. The second-order valence-electron chi connectivity index (χ2n) is 5.53. The zero-order valence-electron chi connectivity index (χ0n) is 13.0. The second kappa shape index (κ2) is 4.69. The Hall–Kier alpha value is -2.61. The molecule has 2 N–H and O–H groups in total. The van der Waals surface area contributed by atoms with E-state index in [1.807, 2.05) is 12.1 Å². The molecule has 3 atom stereocenters. The topological polar surface area (TPSA) is 114 Å². The molecule has 1 heterocycles. The Labute approximate surface area is 133 Å². The van der Waals surface area contributed by atoms with Crippen LogP contribution in [0.4, 0.5) is 0 Å². The van der Waals surface area contributed by atoms with E-state index < -0.39 is 22.7 Å². The monoisotopic (exact) mass is 312 g/mol. The number of nitrogens with zero attached hydrogens (tertiary/aromatic N) is 3. The largest absolute Gasteiger partial charge is 0.497 e. The number of ether oxygens (including phenoxy) is 3. The summed E-state index contributed by atoms with van der Waals surface area (Å²) in [5.41, 5.74) is 4.23. The number of methoxy groups -OCH3 is 3. The molecule has 0 unspecified atom stereocenters. The zero-order chi connectivity index (χ0) is 16.9. The first-order valence-corrected chi connectivity index (χ1v) is 6.96. The van der Waals surface area contributed by atoms with Gasteiger partial charge in [-0.05, 0) is 17.7 Å². The summed E-state index contributed by atoms with van der Waals surface area (Å²) in [5, 5.41) is 19.7. The molecule has 0 bridgehead atoms. The third-order valence-corrected chi connectivity index (χ3v) is 4.93. The summed E-state index contributed by atoms with van der Waals surface area (Å²) in [7, 11) is 4.34. The van der Waals surface area contributed by atoms with Crippen molar-refractivity contribution in [2.75, 3.05) is 21.3 Å². The van der Waals surface area contributed by atoms with Crippen molar-refractivity contribution < 1.29 is 14.2 Å². The summed E-state index contributed by atoms with van der Waals surface area (Å²) < 4.78 is 15.9. The summed E-state index contributed by atoms with van der Waals surface area (Å²) in [4.78, 5) is 4.16. The fraction of sp³-hybridized carbons (Fsp3) is 0.438. The molecule has 0 aromatic heterocycles. The number of hydrogen-bond donors (Lipinski definition) is 1. The lowest BCUT2D eigenvalue weighted by molar-refractivity contribution is -0.230. The van der Waals surface area contributed by atoms with E-state index in [4.69, 9.17) is 19.9 Å². The first-order valence-electron chi connectivity index (χ1n) is 6.96. The minimum atomic E-state index is -1.59. The van der Waals surface area contributed by atoms with Crippen LogP contribution >= 0.6 is 0 Å². The van der Waals surface area contributed by atoms with Gasteiger partial charge in [-0.3, -0.25) is 0 Å². The Morgan fingerprint density at radius 2 is 1.70 bits per heavy atom. The van der Waals surface area contributed by atoms with E-state index >= 15 is 0 Å². The highest BCUT2D eigenvalue weighted by molar-refractivity contribution is 6.00. The molecule has 23 heavy (non-hydrogen) atoms. The van der Waals surface area contributed by atoms with Crippen LogP contribution < -0.4 is 10.5 Å². The van der Waals surface area contributed by atoms with E-state index in [1.54, 1.807) is 19.2 Å². The van der Waals surface area contributed by atoms with Crippen molar-refractivity contribution in [3.05, 3.63) is 29.8 Å². The molecule has 7 nitrogen and oxygen atoms in total. The van der Waals surface area contributed by atoms with Gasteiger partial charge in [0.05, 0.1) is 19.2 Å². The summed E-state index contributed by atoms with van der Waals surface area (Å²) in [6.45, 7) is 0. The van der Waals surface area contributed by atoms with Crippen LogP contribution in [0.25, 0.3) is 0 Å². The number of rotatable bonds is 4. The minimum absolute atomic E-state index is 0.0612. The van der Waals surface area contributed by atoms with Gasteiger partial charge in [0, 0.05) is 20.1 Å². The van der Waals surface area contributed by atoms with E-state index in [9.17, 15) is 10.5 Å². The van der Waals surface area contributed by atoms with Crippen LogP contribution in [-0.2, 0) is 9.47 Å². The lowest BCUT2D eigenvalue weighted by Gasteiger charge is -2.29. The van der Waals surface area contributed by atoms with Gasteiger partial charge in [0.2, 0.25) is 0 Å². The van der Waals surface area contributed by atoms with Crippen molar-refractivity contribution in [3.8, 4) is 17.9 Å². The van der Waals surface area contributed by atoms with Crippen LogP contribution in [0.1, 0.15) is 11.5 Å². The SMILES string of the molecule is COc1ccc([C@@H]2[C@]3(C#N)C(N)=NC(OC)(OC)[C@]23C#N)cc1. The fourth-order valence-corrected chi connectivity index (χ4v) is 3.82. The van der Waals surface area contributed by atoms with Crippen molar-refractivity contribution in [1.29, 1.82) is 10.5 Å². The molecule has 0 amide bonds. The molecule has 1 fully saturated rings. The Bertz CT molecular complexity index is 757. The highest BCUT2D eigenvalue weighted by Gasteiger charge is 2.93. The average Bonchev–Trinajstić information content (AvgIpc) is 3.17. The average molecular weight is 312 g/mol. The fourth-order valence-electron chi connectivity index (χ4n) is 3.82. The Kier molecular flexibility index (Phi) is 3.12. The van der Waals surface area contributed by atoms with Crippen LogP contribution in [0, 0.1) is 33.5 Å². The van der Waals surface area contributed by atoms with Crippen LogP contribution in [0.15, 0.2) is 29.3 Å². The summed E-state index contributed by atoms with van der Waals surface area (Å²) in [6.07, 6.45) is 0. The molecule has 1 aliphatic heterocycles. The molecule has 0 saturated heterocycles. The van der Waals surface area contributed by atoms with Gasteiger partial charge in [0.1, 0.15) is 17.0 Å². The maximum atomic E-state index is 9.90. The second-order valence-corrected chi connectivity index (χ2v) is 5.53. The number of aliphatic imine (C=N–C) groups is 1. The van der Waals surface area contributed by atoms with E-state index in [0.29, 0.717) is 5.75 Å². The summed E-state index contributed by atoms with van der Waals surface area (Å²) >= 11 is 0. The van der Waals surface area contributed by atoms with Gasteiger partial charge in [0.25, 0.3) is 5.91 Å². The van der Waals surface area contributed by atoms with Gasteiger partial charge in [-0.15, -0.1) is 0 Å². The third-order valence-electron chi connectivity index (χ3n) is 4.93. The molecular formula is C16H16N4O3. The molecule has 0 radical (unpaired) electrons. The predicted molar refractivity (Wildman–Crippen MR) is 80.2 cm³/mol. The van der Waals surface area contributed by atoms with Crippen LogP contribution in [0.5, 0.6) is 5.75 Å². The van der Waals surface area contributed by atoms with Crippen LogP contribution in [0.3, 0.4) is 0 Å². The maximum absolute atomic E-state index is 9.90. The smallest absolute Gasteiger partial charge is 0.292 e. The Balaban J connectivity index is 2.18. The first kappa shape index (κ1) is 15.3. The highest BCUT2D eigenvalue weighted by Crippen LogP contribution is 2.81. The number of benzene rings is 1. The van der Waals surface area contributed by atoms with Crippen LogP contribution in [0.2, 0.25) is 0 Å². The molecule has 1 aromatic rings. The first-order chi connectivity index (χ1) is 11.0. The van der Waals surface area contributed by atoms with Gasteiger partial charge in [-0.1, -0.05) is 12.1 Å².